The molecule has 102 valence electrons. The zero-order valence-corrected chi connectivity index (χ0v) is 11.0. The molecule has 0 saturated carbocycles. The molecule has 6 heteroatoms. The fourth-order valence-electron chi connectivity index (χ4n) is 1.68. The van der Waals surface area contributed by atoms with E-state index in [1.807, 2.05) is 11.9 Å². The van der Waals surface area contributed by atoms with Crippen LogP contribution in [0.2, 0.25) is 0 Å². The molecule has 19 heavy (non-hydrogen) atoms. The van der Waals surface area contributed by atoms with Gasteiger partial charge in [-0.05, 0) is 26.1 Å². The average Bonchev–Trinajstić information content (AvgIpc) is 2.98. The van der Waals surface area contributed by atoms with Crippen molar-refractivity contribution < 1.29 is 18.5 Å². The second-order valence-electron chi connectivity index (χ2n) is 4.14. The number of esters is 1. The van der Waals surface area contributed by atoms with E-state index in [2.05, 4.69) is 5.16 Å². The van der Waals surface area contributed by atoms with Crippen molar-refractivity contribution in [2.75, 3.05) is 20.2 Å². The van der Waals surface area contributed by atoms with E-state index in [1.54, 1.807) is 31.4 Å². The van der Waals surface area contributed by atoms with E-state index in [4.69, 9.17) is 13.7 Å². The number of likely N-dealkylation sites (N-methyl/N-ethyl adjacent to an activating group) is 1. The van der Waals surface area contributed by atoms with Crippen LogP contribution < -0.4 is 0 Å². The van der Waals surface area contributed by atoms with Crippen molar-refractivity contribution in [2.45, 2.75) is 13.5 Å². The third-order valence-electron chi connectivity index (χ3n) is 2.46. The van der Waals surface area contributed by atoms with Gasteiger partial charge in [-0.15, -0.1) is 0 Å². The molecule has 0 fully saturated rings. The Morgan fingerprint density at radius 2 is 2.32 bits per heavy atom. The molecular weight excluding hydrogens is 248 g/mol. The molecule has 0 N–H and O–H groups in total. The molecule has 0 radical (unpaired) electrons. The Bertz CT molecular complexity index is 518. The van der Waals surface area contributed by atoms with Crippen LogP contribution in [-0.4, -0.2) is 36.2 Å². The Morgan fingerprint density at radius 1 is 1.47 bits per heavy atom. The monoisotopic (exact) mass is 264 g/mol. The molecule has 0 amide bonds. The molecule has 0 aliphatic heterocycles. The minimum absolute atomic E-state index is 0.219. The lowest BCUT2D eigenvalue weighted by Gasteiger charge is -2.13. The molecule has 2 aromatic rings. The molecule has 0 aliphatic carbocycles. The third-order valence-corrected chi connectivity index (χ3v) is 2.46. The number of furan rings is 1. The van der Waals surface area contributed by atoms with Gasteiger partial charge < -0.3 is 13.7 Å². The molecule has 0 unspecified atom stereocenters. The van der Waals surface area contributed by atoms with Crippen molar-refractivity contribution >= 4 is 5.97 Å². The summed E-state index contributed by atoms with van der Waals surface area (Å²) in [6.07, 6.45) is 1.57. The fraction of sp³-hybridized carbons (Fsp3) is 0.385. The standard InChI is InChI=1S/C13H16N2O4/c1-3-17-13(16)9-15(2)8-10-7-12(19-14-10)11-5-4-6-18-11/h4-7H,3,8-9H2,1-2H3. The molecule has 0 atom stereocenters. The maximum absolute atomic E-state index is 11.3. The highest BCUT2D eigenvalue weighted by Gasteiger charge is 2.12. The number of carbonyl (C=O) groups excluding carboxylic acids is 1. The lowest BCUT2D eigenvalue weighted by atomic mass is 10.3. The predicted octanol–water partition coefficient (Wildman–Crippen LogP) is 1.93. The van der Waals surface area contributed by atoms with E-state index < -0.39 is 0 Å². The van der Waals surface area contributed by atoms with Crippen molar-refractivity contribution in [3.05, 3.63) is 30.2 Å². The minimum Gasteiger partial charge on any atom is -0.465 e. The number of hydrogen-bond donors (Lipinski definition) is 0. The van der Waals surface area contributed by atoms with Crippen molar-refractivity contribution in [3.8, 4) is 11.5 Å². The van der Waals surface area contributed by atoms with Crippen LogP contribution in [0.1, 0.15) is 12.6 Å². The van der Waals surface area contributed by atoms with Gasteiger partial charge in [-0.1, -0.05) is 5.16 Å². The first-order chi connectivity index (χ1) is 9.19. The first-order valence-corrected chi connectivity index (χ1v) is 6.02. The van der Waals surface area contributed by atoms with Crippen LogP contribution in [0, 0.1) is 0 Å². The summed E-state index contributed by atoms with van der Waals surface area (Å²) in [5.41, 5.74) is 0.734. The Hall–Kier alpha value is -2.08. The summed E-state index contributed by atoms with van der Waals surface area (Å²) in [7, 11) is 1.82. The smallest absolute Gasteiger partial charge is 0.320 e. The highest BCUT2D eigenvalue weighted by Crippen LogP contribution is 2.20. The van der Waals surface area contributed by atoms with Gasteiger partial charge in [-0.2, -0.15) is 0 Å². The van der Waals surface area contributed by atoms with Crippen LogP contribution in [0.3, 0.4) is 0 Å². The fourth-order valence-corrected chi connectivity index (χ4v) is 1.68. The quantitative estimate of drug-likeness (QED) is 0.742. The first kappa shape index (κ1) is 13.4. The van der Waals surface area contributed by atoms with Crippen molar-refractivity contribution in [1.82, 2.24) is 10.1 Å². The molecule has 2 aromatic heterocycles. The van der Waals surface area contributed by atoms with Gasteiger partial charge in [0.05, 0.1) is 25.1 Å². The van der Waals surface area contributed by atoms with E-state index in [0.717, 1.165) is 5.69 Å². The summed E-state index contributed by atoms with van der Waals surface area (Å²) in [5, 5.41) is 3.94. The van der Waals surface area contributed by atoms with Gasteiger partial charge in [-0.3, -0.25) is 9.69 Å². The molecule has 0 spiro atoms. The van der Waals surface area contributed by atoms with Crippen LogP contribution in [0.15, 0.2) is 33.4 Å². The molecule has 0 bridgehead atoms. The van der Waals surface area contributed by atoms with Gasteiger partial charge in [0, 0.05) is 12.6 Å². The Balaban J connectivity index is 1.91. The number of nitrogens with zero attached hydrogens (tertiary/aromatic N) is 2. The van der Waals surface area contributed by atoms with Crippen LogP contribution >= 0.6 is 0 Å². The minimum atomic E-state index is -0.250. The summed E-state index contributed by atoms with van der Waals surface area (Å²) < 4.78 is 15.3. The predicted molar refractivity (Wildman–Crippen MR) is 67.2 cm³/mol. The van der Waals surface area contributed by atoms with Crippen LogP contribution in [0.25, 0.3) is 11.5 Å². The van der Waals surface area contributed by atoms with E-state index in [0.29, 0.717) is 24.7 Å². The maximum atomic E-state index is 11.3. The lowest BCUT2D eigenvalue weighted by Crippen LogP contribution is -2.27. The second-order valence-corrected chi connectivity index (χ2v) is 4.14. The first-order valence-electron chi connectivity index (χ1n) is 6.02. The number of carbonyl (C=O) groups is 1. The van der Waals surface area contributed by atoms with Gasteiger partial charge in [0.15, 0.2) is 5.76 Å². The molecular formula is C13H16N2O4. The Kier molecular flexibility index (Phi) is 4.35. The summed E-state index contributed by atoms with van der Waals surface area (Å²) in [6.45, 7) is 2.89. The largest absolute Gasteiger partial charge is 0.465 e. The summed E-state index contributed by atoms with van der Waals surface area (Å²) in [4.78, 5) is 13.1. The number of hydrogen-bond acceptors (Lipinski definition) is 6. The highest BCUT2D eigenvalue weighted by molar-refractivity contribution is 5.71. The van der Waals surface area contributed by atoms with Crippen molar-refractivity contribution in [1.29, 1.82) is 0 Å². The maximum Gasteiger partial charge on any atom is 0.320 e. The van der Waals surface area contributed by atoms with Crippen LogP contribution in [0.4, 0.5) is 0 Å². The normalized spacial score (nSPS) is 10.9. The van der Waals surface area contributed by atoms with E-state index >= 15 is 0 Å². The third kappa shape index (κ3) is 3.69. The molecule has 0 aliphatic rings. The summed E-state index contributed by atoms with van der Waals surface area (Å²) in [6, 6.07) is 5.37. The molecule has 2 heterocycles. The van der Waals surface area contributed by atoms with Gasteiger partial charge >= 0.3 is 5.97 Å². The van der Waals surface area contributed by atoms with Crippen molar-refractivity contribution in [3.63, 3.8) is 0 Å². The number of ether oxygens (including phenoxy) is 1. The van der Waals surface area contributed by atoms with Gasteiger partial charge in [0.2, 0.25) is 5.76 Å². The highest BCUT2D eigenvalue weighted by atomic mass is 16.5. The number of rotatable bonds is 6. The van der Waals surface area contributed by atoms with Crippen molar-refractivity contribution in [2.24, 2.45) is 0 Å². The molecule has 2 rings (SSSR count). The van der Waals surface area contributed by atoms with Crippen LogP contribution in [0.5, 0.6) is 0 Å². The van der Waals surface area contributed by atoms with Gasteiger partial charge in [-0.25, -0.2) is 0 Å². The SMILES string of the molecule is CCOC(=O)CN(C)Cc1cc(-c2ccco2)on1. The average molecular weight is 264 g/mol. The van der Waals surface area contributed by atoms with Gasteiger partial charge in [0.25, 0.3) is 0 Å². The zero-order valence-electron chi connectivity index (χ0n) is 11.0. The lowest BCUT2D eigenvalue weighted by molar-refractivity contribution is -0.144. The van der Waals surface area contributed by atoms with Crippen LogP contribution in [-0.2, 0) is 16.1 Å². The number of aromatic nitrogens is 1. The topological polar surface area (TPSA) is 68.7 Å². The Labute approximate surface area is 110 Å². The summed E-state index contributed by atoms with van der Waals surface area (Å²) >= 11 is 0. The molecule has 0 aromatic carbocycles. The van der Waals surface area contributed by atoms with E-state index in [1.165, 1.54) is 0 Å². The van der Waals surface area contributed by atoms with Gasteiger partial charge in [0.1, 0.15) is 0 Å². The summed E-state index contributed by atoms with van der Waals surface area (Å²) in [5.74, 6) is 0.955. The second kappa shape index (κ2) is 6.19. The Morgan fingerprint density at radius 3 is 3.00 bits per heavy atom. The van der Waals surface area contributed by atoms with E-state index in [9.17, 15) is 4.79 Å². The molecule has 0 saturated heterocycles. The van der Waals surface area contributed by atoms with E-state index in [-0.39, 0.29) is 12.5 Å². The molecule has 6 nitrogen and oxygen atoms in total. The zero-order chi connectivity index (χ0) is 13.7.